The minimum Gasteiger partial charge on any atom is -0.399 e. The summed E-state index contributed by atoms with van der Waals surface area (Å²) in [7, 11) is 0. The summed E-state index contributed by atoms with van der Waals surface area (Å²) in [6.45, 7) is 0. The smallest absolute Gasteiger partial charge is 0.0320 e. The van der Waals surface area contributed by atoms with Gasteiger partial charge in [0.1, 0.15) is 0 Å². The zero-order valence-electron chi connectivity index (χ0n) is 18.5. The summed E-state index contributed by atoms with van der Waals surface area (Å²) in [6, 6.07) is 37.2. The third-order valence-corrected chi connectivity index (χ3v) is 5.26. The fourth-order valence-corrected chi connectivity index (χ4v) is 3.54. The van der Waals surface area contributed by atoms with Gasteiger partial charge in [-0.05, 0) is 45.5 Å². The zero-order chi connectivity index (χ0) is 22.7. The highest BCUT2D eigenvalue weighted by Crippen LogP contribution is 2.23. The molecule has 0 aliphatic rings. The maximum Gasteiger partial charge on any atom is 0.0320 e. The second-order valence-electron chi connectivity index (χ2n) is 7.73. The van der Waals surface area contributed by atoms with E-state index < -0.39 is 0 Å². The lowest BCUT2D eigenvalue weighted by molar-refractivity contribution is 1.45. The third-order valence-electron chi connectivity index (χ3n) is 5.26. The van der Waals surface area contributed by atoms with E-state index in [1.807, 2.05) is 60.7 Å². The highest BCUT2D eigenvalue weighted by molar-refractivity contribution is 5.84. The van der Waals surface area contributed by atoms with Gasteiger partial charge in [-0.1, -0.05) is 140 Å². The van der Waals surface area contributed by atoms with Crippen LogP contribution in [0.2, 0.25) is 0 Å². The monoisotopic (exact) mass is 425 g/mol. The van der Waals surface area contributed by atoms with E-state index in [1.165, 1.54) is 5.56 Å². The van der Waals surface area contributed by atoms with Crippen LogP contribution in [0.25, 0.3) is 36.5 Å². The summed E-state index contributed by atoms with van der Waals surface area (Å²) < 4.78 is 0. The summed E-state index contributed by atoms with van der Waals surface area (Å²) >= 11 is 0. The van der Waals surface area contributed by atoms with Crippen molar-refractivity contribution >= 4 is 36.5 Å². The molecular weight excluding hydrogens is 398 g/mol. The van der Waals surface area contributed by atoms with Crippen LogP contribution in [-0.4, -0.2) is 0 Å². The molecule has 33 heavy (non-hydrogen) atoms. The first-order valence-corrected chi connectivity index (χ1v) is 11.1. The molecule has 0 unspecified atom stereocenters. The molecule has 1 heteroatoms. The predicted molar refractivity (Wildman–Crippen MR) is 145 cm³/mol. The molecule has 0 aromatic heterocycles. The molecule has 160 valence electrons. The van der Waals surface area contributed by atoms with Gasteiger partial charge in [-0.2, -0.15) is 0 Å². The molecule has 0 saturated carbocycles. The van der Waals surface area contributed by atoms with E-state index in [4.69, 9.17) is 5.73 Å². The molecule has 0 saturated heterocycles. The van der Waals surface area contributed by atoms with Crippen LogP contribution in [0.3, 0.4) is 0 Å². The lowest BCUT2D eigenvalue weighted by Crippen LogP contribution is -1.94. The van der Waals surface area contributed by atoms with Crippen molar-refractivity contribution in [1.82, 2.24) is 0 Å². The average molecular weight is 426 g/mol. The number of allylic oxidation sites excluding steroid dienone is 1. The van der Waals surface area contributed by atoms with Gasteiger partial charge in [0.2, 0.25) is 0 Å². The SMILES string of the molecule is NC(C=Cc1ccccc1)=Cc1cccc(C=Cc2ccccc2)c1C=Cc1ccccc1. The van der Waals surface area contributed by atoms with Gasteiger partial charge in [0.05, 0.1) is 0 Å². The summed E-state index contributed by atoms with van der Waals surface area (Å²) in [6.07, 6.45) is 14.6. The van der Waals surface area contributed by atoms with Crippen LogP contribution in [0.1, 0.15) is 33.4 Å². The first-order chi connectivity index (χ1) is 16.3. The van der Waals surface area contributed by atoms with Crippen LogP contribution in [0.15, 0.2) is 121 Å². The molecule has 0 atom stereocenters. The Labute approximate surface area is 196 Å². The fourth-order valence-electron chi connectivity index (χ4n) is 3.54. The van der Waals surface area contributed by atoms with Gasteiger partial charge < -0.3 is 5.73 Å². The fraction of sp³-hybridized carbons (Fsp3) is 0. The molecule has 0 bridgehead atoms. The van der Waals surface area contributed by atoms with Crippen LogP contribution in [-0.2, 0) is 0 Å². The topological polar surface area (TPSA) is 26.0 Å². The Bertz CT molecular complexity index is 1280. The number of nitrogens with two attached hydrogens (primary N) is 1. The van der Waals surface area contributed by atoms with Crippen molar-refractivity contribution in [3.8, 4) is 0 Å². The maximum absolute atomic E-state index is 6.38. The molecule has 1 nitrogen and oxygen atoms in total. The van der Waals surface area contributed by atoms with Crippen molar-refractivity contribution in [3.05, 3.63) is 154 Å². The van der Waals surface area contributed by atoms with Crippen molar-refractivity contribution in [2.75, 3.05) is 0 Å². The molecule has 4 aromatic carbocycles. The van der Waals surface area contributed by atoms with Crippen molar-refractivity contribution < 1.29 is 0 Å². The quantitative estimate of drug-likeness (QED) is 0.235. The summed E-state index contributed by atoms with van der Waals surface area (Å²) in [5.41, 5.74) is 13.9. The Morgan fingerprint density at radius 2 is 0.939 bits per heavy atom. The second-order valence-corrected chi connectivity index (χ2v) is 7.73. The first kappa shape index (κ1) is 21.9. The number of benzene rings is 4. The van der Waals surface area contributed by atoms with Crippen LogP contribution in [0.5, 0.6) is 0 Å². The van der Waals surface area contributed by atoms with Gasteiger partial charge in [0.25, 0.3) is 0 Å². The second kappa shape index (κ2) is 11.3. The standard InChI is InChI=1S/C32H27N/c33-31(23-20-27-13-6-2-7-14-27)25-30-18-10-17-29(22-19-26-11-4-1-5-12-26)32(30)24-21-28-15-8-3-9-16-28/h1-25H,33H2. The Morgan fingerprint density at radius 3 is 1.52 bits per heavy atom. The van der Waals surface area contributed by atoms with Gasteiger partial charge in [0.15, 0.2) is 0 Å². The largest absolute Gasteiger partial charge is 0.399 e. The molecule has 0 fully saturated rings. The summed E-state index contributed by atoms with van der Waals surface area (Å²) in [4.78, 5) is 0. The van der Waals surface area contributed by atoms with Crippen molar-refractivity contribution in [2.45, 2.75) is 0 Å². The Hall–Kier alpha value is -4.36. The first-order valence-electron chi connectivity index (χ1n) is 11.1. The third kappa shape index (κ3) is 6.56. The predicted octanol–water partition coefficient (Wildman–Crippen LogP) is 8.04. The maximum atomic E-state index is 6.38. The molecular formula is C32H27N. The molecule has 0 radical (unpaired) electrons. The van der Waals surface area contributed by atoms with Gasteiger partial charge in [-0.15, -0.1) is 0 Å². The molecule has 4 aromatic rings. The molecule has 0 aliphatic heterocycles. The Balaban J connectivity index is 1.70. The van der Waals surface area contributed by atoms with Gasteiger partial charge >= 0.3 is 0 Å². The van der Waals surface area contributed by atoms with E-state index in [0.717, 1.165) is 27.8 Å². The minimum absolute atomic E-state index is 0.706. The number of hydrogen-bond donors (Lipinski definition) is 1. The molecule has 0 heterocycles. The molecule has 2 N–H and O–H groups in total. The normalized spacial score (nSPS) is 12.2. The van der Waals surface area contributed by atoms with Crippen molar-refractivity contribution in [3.63, 3.8) is 0 Å². The number of rotatable bonds is 7. The molecule has 0 amide bonds. The molecule has 4 rings (SSSR count). The van der Waals surface area contributed by atoms with E-state index in [1.54, 1.807) is 0 Å². The number of hydrogen-bond acceptors (Lipinski definition) is 1. The van der Waals surface area contributed by atoms with E-state index in [-0.39, 0.29) is 0 Å². The molecule has 0 aliphatic carbocycles. The van der Waals surface area contributed by atoms with Gasteiger partial charge in [-0.25, -0.2) is 0 Å². The van der Waals surface area contributed by atoms with E-state index in [0.29, 0.717) is 5.70 Å². The Kier molecular flexibility index (Phi) is 7.49. The lowest BCUT2D eigenvalue weighted by Gasteiger charge is -2.08. The van der Waals surface area contributed by atoms with E-state index >= 15 is 0 Å². The minimum atomic E-state index is 0.706. The van der Waals surface area contributed by atoms with Crippen LogP contribution < -0.4 is 5.73 Å². The van der Waals surface area contributed by atoms with Gasteiger partial charge in [0, 0.05) is 5.70 Å². The van der Waals surface area contributed by atoms with Crippen LogP contribution >= 0.6 is 0 Å². The summed E-state index contributed by atoms with van der Waals surface area (Å²) in [5.74, 6) is 0. The van der Waals surface area contributed by atoms with Crippen LogP contribution in [0.4, 0.5) is 0 Å². The van der Waals surface area contributed by atoms with Crippen LogP contribution in [0, 0.1) is 0 Å². The lowest BCUT2D eigenvalue weighted by atomic mass is 9.97. The summed E-state index contributed by atoms with van der Waals surface area (Å²) in [5, 5.41) is 0. The van der Waals surface area contributed by atoms with Crippen molar-refractivity contribution in [1.29, 1.82) is 0 Å². The van der Waals surface area contributed by atoms with Crippen molar-refractivity contribution in [2.24, 2.45) is 5.73 Å². The highest BCUT2D eigenvalue weighted by Gasteiger charge is 2.03. The highest BCUT2D eigenvalue weighted by atomic mass is 14.6. The zero-order valence-corrected chi connectivity index (χ0v) is 18.5. The van der Waals surface area contributed by atoms with E-state index in [9.17, 15) is 0 Å². The average Bonchev–Trinajstić information content (AvgIpc) is 2.87. The van der Waals surface area contributed by atoms with E-state index in [2.05, 4.69) is 91.0 Å². The van der Waals surface area contributed by atoms with Gasteiger partial charge in [-0.3, -0.25) is 0 Å². The Morgan fingerprint density at radius 1 is 0.455 bits per heavy atom. The molecule has 0 spiro atoms.